The highest BCUT2D eigenvalue weighted by molar-refractivity contribution is 5.95. The van der Waals surface area contributed by atoms with E-state index in [-0.39, 0.29) is 18.2 Å². The third kappa shape index (κ3) is 5.33. The van der Waals surface area contributed by atoms with Crippen LogP contribution in [-0.2, 0) is 12.6 Å². The fraction of sp³-hybridized carbons (Fsp3) is 0.480. The molecule has 2 heterocycles. The average Bonchev–Trinajstić information content (AvgIpc) is 2.80. The lowest BCUT2D eigenvalue weighted by Gasteiger charge is -2.39. The Morgan fingerprint density at radius 3 is 2.48 bits per heavy atom. The number of benzene rings is 2. The average molecular weight is 461 g/mol. The van der Waals surface area contributed by atoms with E-state index in [1.54, 1.807) is 0 Å². The number of halogens is 3. The number of rotatable bonds is 5. The predicted octanol–water partition coefficient (Wildman–Crippen LogP) is 3.81. The predicted molar refractivity (Wildman–Crippen MR) is 124 cm³/mol. The zero-order valence-corrected chi connectivity index (χ0v) is 19.2. The maximum absolute atomic E-state index is 13.4. The second-order valence-electron chi connectivity index (χ2n) is 9.02. The Morgan fingerprint density at radius 2 is 1.76 bits per heavy atom. The molecule has 2 aromatic rings. The van der Waals surface area contributed by atoms with E-state index in [1.807, 2.05) is 0 Å². The monoisotopic (exact) mass is 460 g/mol. The molecule has 33 heavy (non-hydrogen) atoms. The maximum Gasteiger partial charge on any atom is 0.417 e. The van der Waals surface area contributed by atoms with Crippen molar-refractivity contribution < 1.29 is 18.0 Å². The molecule has 0 aromatic heterocycles. The van der Waals surface area contributed by atoms with Gasteiger partial charge in [-0.05, 0) is 49.2 Å². The summed E-state index contributed by atoms with van der Waals surface area (Å²) in [6.07, 6.45) is -2.47. The topological polar surface area (TPSA) is 38.8 Å². The zero-order valence-electron chi connectivity index (χ0n) is 19.2. The molecular formula is C25H31F3N4O. The summed E-state index contributed by atoms with van der Waals surface area (Å²) in [6.45, 7) is 4.79. The molecule has 1 saturated heterocycles. The molecule has 0 aliphatic carbocycles. The molecule has 2 aliphatic rings. The number of anilines is 1. The van der Waals surface area contributed by atoms with Crippen LogP contribution in [0, 0.1) is 0 Å². The van der Waals surface area contributed by atoms with E-state index >= 15 is 0 Å². The number of likely N-dealkylation sites (N-methyl/N-ethyl adjacent to an activating group) is 1. The Morgan fingerprint density at radius 1 is 1.03 bits per heavy atom. The van der Waals surface area contributed by atoms with E-state index in [4.69, 9.17) is 0 Å². The summed E-state index contributed by atoms with van der Waals surface area (Å²) in [6, 6.07) is 11.3. The molecule has 0 bridgehead atoms. The van der Waals surface area contributed by atoms with Crippen molar-refractivity contribution in [2.75, 3.05) is 58.3 Å². The van der Waals surface area contributed by atoms with Gasteiger partial charge >= 0.3 is 6.18 Å². The van der Waals surface area contributed by atoms with Gasteiger partial charge in [-0.1, -0.05) is 24.3 Å². The minimum Gasteiger partial charge on any atom is -0.374 e. The Hall–Kier alpha value is -2.58. The number of piperazine rings is 1. The van der Waals surface area contributed by atoms with Crippen LogP contribution in [0.2, 0.25) is 0 Å². The van der Waals surface area contributed by atoms with Crippen LogP contribution >= 0.6 is 0 Å². The molecule has 8 heteroatoms. The van der Waals surface area contributed by atoms with Crippen molar-refractivity contribution in [3.63, 3.8) is 0 Å². The Kier molecular flexibility index (Phi) is 6.95. The highest BCUT2D eigenvalue weighted by atomic mass is 19.4. The summed E-state index contributed by atoms with van der Waals surface area (Å²) in [5.74, 6) is -0.695. The minimum absolute atomic E-state index is 0.0989. The first-order valence-electron chi connectivity index (χ1n) is 11.4. The number of carbonyl (C=O) groups is 1. The quantitative estimate of drug-likeness (QED) is 0.737. The van der Waals surface area contributed by atoms with Crippen LogP contribution < -0.4 is 10.2 Å². The molecule has 1 amide bonds. The highest BCUT2D eigenvalue weighted by Crippen LogP contribution is 2.33. The van der Waals surface area contributed by atoms with Crippen LogP contribution in [0.5, 0.6) is 0 Å². The number of hydrogen-bond donors (Lipinski definition) is 1. The SMILES string of the molecule is CN1CCN([C@@H](CNC(=O)c2ccccc2C(F)(F)F)c2ccc3c(c2)CCCN3C)CC1. The van der Waals surface area contributed by atoms with Gasteiger partial charge in [0.25, 0.3) is 5.91 Å². The third-order valence-electron chi connectivity index (χ3n) is 6.75. The summed E-state index contributed by atoms with van der Waals surface area (Å²) in [4.78, 5) is 19.6. The first-order chi connectivity index (χ1) is 15.7. The van der Waals surface area contributed by atoms with Gasteiger partial charge in [-0.25, -0.2) is 0 Å². The molecule has 2 aromatic carbocycles. The standard InChI is InChI=1S/C25H31F3N4O/c1-30-12-14-32(15-13-30)23(19-9-10-22-18(16-19)6-5-11-31(22)2)17-29-24(33)20-7-3-4-8-21(20)25(26,27)28/h3-4,7-10,16,23H,5-6,11-15,17H2,1-2H3,(H,29,33)/t23-/m0/s1. The van der Waals surface area contributed by atoms with Crippen molar-refractivity contribution in [3.05, 3.63) is 64.7 Å². The molecule has 0 unspecified atom stereocenters. The van der Waals surface area contributed by atoms with E-state index in [1.165, 1.54) is 29.4 Å². The first-order valence-corrected chi connectivity index (χ1v) is 11.4. The van der Waals surface area contributed by atoms with E-state index in [2.05, 4.69) is 52.3 Å². The van der Waals surface area contributed by atoms with Crippen LogP contribution in [0.25, 0.3) is 0 Å². The van der Waals surface area contributed by atoms with Crippen LogP contribution in [-0.4, -0.2) is 69.1 Å². The fourth-order valence-corrected chi connectivity index (χ4v) is 4.82. The van der Waals surface area contributed by atoms with Crippen LogP contribution in [0.4, 0.5) is 18.9 Å². The van der Waals surface area contributed by atoms with Crippen molar-refractivity contribution in [2.45, 2.75) is 25.1 Å². The molecule has 0 spiro atoms. The highest BCUT2D eigenvalue weighted by Gasteiger charge is 2.35. The first kappa shape index (κ1) is 23.6. The number of nitrogens with zero attached hydrogens (tertiary/aromatic N) is 3. The van der Waals surface area contributed by atoms with Crippen LogP contribution in [0.15, 0.2) is 42.5 Å². The molecule has 0 radical (unpaired) electrons. The molecular weight excluding hydrogens is 429 g/mol. The van der Waals surface area contributed by atoms with Crippen molar-refractivity contribution in [1.82, 2.24) is 15.1 Å². The maximum atomic E-state index is 13.4. The zero-order chi connectivity index (χ0) is 23.6. The van der Waals surface area contributed by atoms with E-state index in [9.17, 15) is 18.0 Å². The lowest BCUT2D eigenvalue weighted by molar-refractivity contribution is -0.137. The van der Waals surface area contributed by atoms with Crippen LogP contribution in [0.1, 0.15) is 39.5 Å². The largest absolute Gasteiger partial charge is 0.417 e. The number of hydrogen-bond acceptors (Lipinski definition) is 4. The number of amides is 1. The summed E-state index contributed by atoms with van der Waals surface area (Å²) in [7, 11) is 4.17. The van der Waals surface area contributed by atoms with Gasteiger partial charge in [0.2, 0.25) is 0 Å². The van der Waals surface area contributed by atoms with Gasteiger partial charge in [-0.15, -0.1) is 0 Å². The fourth-order valence-electron chi connectivity index (χ4n) is 4.82. The Bertz CT molecular complexity index is 986. The molecule has 1 N–H and O–H groups in total. The van der Waals surface area contributed by atoms with Crippen molar-refractivity contribution in [1.29, 1.82) is 0 Å². The molecule has 0 saturated carbocycles. The van der Waals surface area contributed by atoms with E-state index in [0.717, 1.165) is 57.2 Å². The van der Waals surface area contributed by atoms with Gasteiger partial charge in [0.05, 0.1) is 17.2 Å². The normalized spacial score (nSPS) is 18.6. The van der Waals surface area contributed by atoms with Gasteiger partial charge in [0.1, 0.15) is 0 Å². The van der Waals surface area contributed by atoms with Crippen molar-refractivity contribution in [3.8, 4) is 0 Å². The third-order valence-corrected chi connectivity index (χ3v) is 6.75. The summed E-state index contributed by atoms with van der Waals surface area (Å²) in [5.41, 5.74) is 2.36. The van der Waals surface area contributed by atoms with E-state index in [0.29, 0.717) is 0 Å². The van der Waals surface area contributed by atoms with E-state index < -0.39 is 17.6 Å². The number of carbonyl (C=O) groups excluding carboxylic acids is 1. The summed E-state index contributed by atoms with van der Waals surface area (Å²) in [5, 5.41) is 2.80. The van der Waals surface area contributed by atoms with Crippen LogP contribution in [0.3, 0.4) is 0 Å². The van der Waals surface area contributed by atoms with Gasteiger partial charge in [-0.2, -0.15) is 13.2 Å². The second kappa shape index (κ2) is 9.73. The van der Waals surface area contributed by atoms with Crippen molar-refractivity contribution in [2.24, 2.45) is 0 Å². The molecule has 1 atom stereocenters. The molecule has 5 nitrogen and oxygen atoms in total. The Labute approximate surface area is 193 Å². The number of nitrogens with one attached hydrogen (secondary N) is 1. The van der Waals surface area contributed by atoms with Crippen molar-refractivity contribution >= 4 is 11.6 Å². The number of aryl methyl sites for hydroxylation is 1. The summed E-state index contributed by atoms with van der Waals surface area (Å²) < 4.78 is 40.2. The smallest absolute Gasteiger partial charge is 0.374 e. The number of alkyl halides is 3. The van der Waals surface area contributed by atoms with Gasteiger partial charge < -0.3 is 15.1 Å². The Balaban J connectivity index is 1.57. The van der Waals surface area contributed by atoms with Gasteiger partial charge in [0, 0.05) is 52.0 Å². The molecule has 4 rings (SSSR count). The second-order valence-corrected chi connectivity index (χ2v) is 9.02. The lowest BCUT2D eigenvalue weighted by atomic mass is 9.95. The molecule has 178 valence electrons. The van der Waals surface area contributed by atoms with Gasteiger partial charge in [-0.3, -0.25) is 9.69 Å². The van der Waals surface area contributed by atoms with Gasteiger partial charge in [0.15, 0.2) is 0 Å². The number of fused-ring (bicyclic) bond motifs is 1. The minimum atomic E-state index is -4.57. The molecule has 1 fully saturated rings. The lowest BCUT2D eigenvalue weighted by Crippen LogP contribution is -2.48. The molecule has 2 aliphatic heterocycles. The summed E-state index contributed by atoms with van der Waals surface area (Å²) >= 11 is 0.